The summed E-state index contributed by atoms with van der Waals surface area (Å²) < 4.78 is 13.7. The van der Waals surface area contributed by atoms with Gasteiger partial charge in [0.15, 0.2) is 0 Å². The van der Waals surface area contributed by atoms with E-state index in [9.17, 15) is 0 Å². The van der Waals surface area contributed by atoms with Gasteiger partial charge in [-0.15, -0.1) is 0 Å². The van der Waals surface area contributed by atoms with E-state index in [0.717, 1.165) is 17.0 Å². The van der Waals surface area contributed by atoms with Gasteiger partial charge in [-0.3, -0.25) is 0 Å². The monoisotopic (exact) mass is 402 g/mol. The summed E-state index contributed by atoms with van der Waals surface area (Å²) in [6.07, 6.45) is 5.28. The van der Waals surface area contributed by atoms with E-state index in [2.05, 4.69) is 4.98 Å². The molecule has 3 rings (SSSR count). The zero-order valence-corrected chi connectivity index (χ0v) is 16.7. The molecule has 4 nitrogen and oxygen atoms in total. The molecule has 0 aliphatic carbocycles. The van der Waals surface area contributed by atoms with Gasteiger partial charge in [-0.25, -0.2) is 4.98 Å². The van der Waals surface area contributed by atoms with Crippen LogP contribution in [0.4, 0.5) is 0 Å². The zero-order chi connectivity index (χ0) is 19.2. The van der Waals surface area contributed by atoms with Gasteiger partial charge in [0, 0.05) is 23.0 Å². The number of nitrogens with zero attached hydrogens (tertiary/aromatic N) is 2. The predicted octanol–water partition coefficient (Wildman–Crippen LogP) is 5.94. The quantitative estimate of drug-likeness (QED) is 0.362. The molecule has 0 aliphatic heterocycles. The lowest BCUT2D eigenvalue weighted by Gasteiger charge is -2.17. The highest BCUT2D eigenvalue weighted by molar-refractivity contribution is 6.35. The Morgan fingerprint density at radius 2 is 1.85 bits per heavy atom. The third-order valence-corrected chi connectivity index (χ3v) is 4.56. The number of ether oxygens (including phenoxy) is 2. The number of hydrogen-bond acceptors (Lipinski definition) is 3. The van der Waals surface area contributed by atoms with Gasteiger partial charge in [-0.2, -0.15) is 0 Å². The average molecular weight is 403 g/mol. The van der Waals surface area contributed by atoms with Crippen LogP contribution in [0.2, 0.25) is 10.0 Å². The summed E-state index contributed by atoms with van der Waals surface area (Å²) in [6, 6.07) is 13.2. The Labute approximate surface area is 169 Å². The fourth-order valence-electron chi connectivity index (χ4n) is 2.56. The van der Waals surface area contributed by atoms with Crippen molar-refractivity contribution in [1.82, 2.24) is 9.55 Å². The lowest BCUT2D eigenvalue weighted by molar-refractivity contribution is 0.195. The Kier molecular flexibility index (Phi) is 6.43. The molecule has 0 saturated heterocycles. The van der Waals surface area contributed by atoms with Crippen LogP contribution in [0.5, 0.6) is 5.75 Å². The fraction of sp³-hybridized carbons (Fsp3) is 0.190. The van der Waals surface area contributed by atoms with Gasteiger partial charge in [-0.1, -0.05) is 40.9 Å². The van der Waals surface area contributed by atoms with Gasteiger partial charge in [0.2, 0.25) is 0 Å². The van der Waals surface area contributed by atoms with E-state index in [1.165, 1.54) is 5.56 Å². The lowest BCUT2D eigenvalue weighted by atomic mass is 10.1. The minimum Gasteiger partial charge on any atom is -0.490 e. The smallest absolute Gasteiger partial charge is 0.147 e. The van der Waals surface area contributed by atoms with Crippen LogP contribution in [0.3, 0.4) is 0 Å². The van der Waals surface area contributed by atoms with Crippen molar-refractivity contribution in [2.75, 3.05) is 13.2 Å². The summed E-state index contributed by atoms with van der Waals surface area (Å²) >= 11 is 12.4. The van der Waals surface area contributed by atoms with Gasteiger partial charge >= 0.3 is 0 Å². The molecular formula is C21H20Cl2N2O2. The van der Waals surface area contributed by atoms with Crippen LogP contribution in [0.25, 0.3) is 11.5 Å². The second-order valence-electron chi connectivity index (χ2n) is 6.02. The molecular weight excluding hydrogens is 383 g/mol. The fourth-order valence-corrected chi connectivity index (χ4v) is 3.06. The van der Waals surface area contributed by atoms with Crippen LogP contribution < -0.4 is 4.74 Å². The zero-order valence-electron chi connectivity index (χ0n) is 15.2. The SMILES string of the molecule is C/C(=C(/OCCOc1ccc(C)cc1)c1ccc(Cl)cc1Cl)n1ccnc1. The maximum absolute atomic E-state index is 6.40. The van der Waals surface area contributed by atoms with Crippen molar-refractivity contribution >= 4 is 34.7 Å². The molecule has 0 atom stereocenters. The molecule has 0 bridgehead atoms. The number of imidazole rings is 1. The molecule has 27 heavy (non-hydrogen) atoms. The third-order valence-electron chi connectivity index (χ3n) is 4.02. The van der Waals surface area contributed by atoms with Crippen LogP contribution in [0.1, 0.15) is 18.1 Å². The number of rotatable bonds is 7. The van der Waals surface area contributed by atoms with Gasteiger partial charge < -0.3 is 14.0 Å². The van der Waals surface area contributed by atoms with Crippen molar-refractivity contribution in [3.8, 4) is 5.75 Å². The van der Waals surface area contributed by atoms with Gasteiger partial charge in [0.1, 0.15) is 24.7 Å². The Morgan fingerprint density at radius 1 is 1.07 bits per heavy atom. The molecule has 1 aromatic heterocycles. The molecule has 0 fully saturated rings. The van der Waals surface area contributed by atoms with Gasteiger partial charge in [0.05, 0.1) is 17.0 Å². The average Bonchev–Trinajstić information content (AvgIpc) is 3.18. The number of aromatic nitrogens is 2. The molecule has 140 valence electrons. The standard InChI is InChI=1S/C21H20Cl2N2O2/c1-15-3-6-18(7-4-15)26-11-12-27-21(16(2)25-10-9-24-14-25)19-8-5-17(22)13-20(19)23/h3-10,13-14H,11-12H2,1-2H3/b21-16-. The normalized spacial score (nSPS) is 11.9. The lowest BCUT2D eigenvalue weighted by Crippen LogP contribution is -2.08. The van der Waals surface area contributed by atoms with Gasteiger partial charge in [-0.05, 0) is 44.2 Å². The number of hydrogen-bond donors (Lipinski definition) is 0. The van der Waals surface area contributed by atoms with Crippen molar-refractivity contribution in [3.05, 3.63) is 82.4 Å². The summed E-state index contributed by atoms with van der Waals surface area (Å²) in [5.41, 5.74) is 2.83. The van der Waals surface area contributed by atoms with Crippen molar-refractivity contribution in [1.29, 1.82) is 0 Å². The molecule has 6 heteroatoms. The molecule has 0 spiro atoms. The first-order valence-corrected chi connectivity index (χ1v) is 9.27. The van der Waals surface area contributed by atoms with E-state index in [-0.39, 0.29) is 0 Å². The van der Waals surface area contributed by atoms with E-state index in [1.54, 1.807) is 24.7 Å². The summed E-state index contributed by atoms with van der Waals surface area (Å²) in [5, 5.41) is 1.10. The summed E-state index contributed by atoms with van der Waals surface area (Å²) in [6.45, 7) is 4.77. The van der Waals surface area contributed by atoms with Gasteiger partial charge in [0.25, 0.3) is 0 Å². The van der Waals surface area contributed by atoms with E-state index < -0.39 is 0 Å². The molecule has 2 aromatic carbocycles. The highest BCUT2D eigenvalue weighted by Crippen LogP contribution is 2.31. The Hall–Kier alpha value is -2.43. The second kappa shape index (κ2) is 8.98. The minimum absolute atomic E-state index is 0.369. The van der Waals surface area contributed by atoms with Crippen molar-refractivity contribution in [3.63, 3.8) is 0 Å². The van der Waals surface area contributed by atoms with E-state index >= 15 is 0 Å². The Bertz CT molecular complexity index is 920. The predicted molar refractivity (Wildman–Crippen MR) is 110 cm³/mol. The van der Waals surface area contributed by atoms with Crippen molar-refractivity contribution in [2.24, 2.45) is 0 Å². The molecule has 3 aromatic rings. The van der Waals surface area contributed by atoms with E-state index in [4.69, 9.17) is 32.7 Å². The van der Waals surface area contributed by atoms with Crippen molar-refractivity contribution < 1.29 is 9.47 Å². The molecule has 0 amide bonds. The van der Waals surface area contributed by atoms with Crippen LogP contribution in [-0.4, -0.2) is 22.8 Å². The second-order valence-corrected chi connectivity index (χ2v) is 6.86. The molecule has 0 unspecified atom stereocenters. The topological polar surface area (TPSA) is 36.3 Å². The largest absolute Gasteiger partial charge is 0.490 e. The molecule has 0 saturated carbocycles. The molecule has 0 N–H and O–H groups in total. The summed E-state index contributed by atoms with van der Waals surface area (Å²) in [5.74, 6) is 1.47. The summed E-state index contributed by atoms with van der Waals surface area (Å²) in [4.78, 5) is 4.09. The van der Waals surface area contributed by atoms with Crippen LogP contribution >= 0.6 is 23.2 Å². The van der Waals surface area contributed by atoms with Crippen molar-refractivity contribution in [2.45, 2.75) is 13.8 Å². The van der Waals surface area contributed by atoms with E-state index in [1.807, 2.05) is 54.9 Å². The summed E-state index contributed by atoms with van der Waals surface area (Å²) in [7, 11) is 0. The maximum Gasteiger partial charge on any atom is 0.147 e. The number of benzene rings is 2. The van der Waals surface area contributed by atoms with Crippen LogP contribution in [-0.2, 0) is 4.74 Å². The molecule has 0 aliphatic rings. The highest BCUT2D eigenvalue weighted by Gasteiger charge is 2.14. The Morgan fingerprint density at radius 3 is 2.52 bits per heavy atom. The first-order valence-electron chi connectivity index (χ1n) is 8.51. The van der Waals surface area contributed by atoms with Crippen LogP contribution in [0, 0.1) is 6.92 Å². The molecule has 0 radical (unpaired) electrons. The highest BCUT2D eigenvalue weighted by atomic mass is 35.5. The maximum atomic E-state index is 6.40. The first-order chi connectivity index (χ1) is 13.0. The minimum atomic E-state index is 0.369. The molecule has 1 heterocycles. The number of halogens is 2. The number of aryl methyl sites for hydroxylation is 1. The number of allylic oxidation sites excluding steroid dienone is 1. The first kappa shape index (κ1) is 19.3. The van der Waals surface area contributed by atoms with Crippen LogP contribution in [0.15, 0.2) is 61.2 Å². The van der Waals surface area contributed by atoms with E-state index in [0.29, 0.717) is 29.0 Å². The third kappa shape index (κ3) is 5.06. The Balaban J connectivity index is 1.76.